The van der Waals surface area contributed by atoms with E-state index in [-0.39, 0.29) is 37.2 Å². The minimum Gasteiger partial charge on any atom is -0.370 e. The molecule has 0 bridgehead atoms. The van der Waals surface area contributed by atoms with Gasteiger partial charge in [-0.25, -0.2) is 22.8 Å². The molecule has 1 heterocycles. The molecule has 0 radical (unpaired) electrons. The summed E-state index contributed by atoms with van der Waals surface area (Å²) >= 11 is 0. The Morgan fingerprint density at radius 2 is 1.70 bits per heavy atom. The first-order chi connectivity index (χ1) is 13.8. The number of sulfone groups is 1. The van der Waals surface area contributed by atoms with E-state index in [9.17, 15) is 39.2 Å². The Hall–Kier alpha value is -2.44. The van der Waals surface area contributed by atoms with Crippen molar-refractivity contribution in [2.45, 2.75) is 35.3 Å². The van der Waals surface area contributed by atoms with E-state index in [2.05, 4.69) is 15.3 Å². The van der Waals surface area contributed by atoms with Crippen LogP contribution in [0, 0.1) is 11.7 Å². The normalized spacial score (nSPS) is 20.0. The lowest BCUT2D eigenvalue weighted by molar-refractivity contribution is -0.145. The molecule has 1 aliphatic carbocycles. The molecular weight excluding hydrogens is 443 g/mol. The van der Waals surface area contributed by atoms with E-state index in [4.69, 9.17) is 0 Å². The van der Waals surface area contributed by atoms with E-state index in [1.165, 1.54) is 6.07 Å². The van der Waals surface area contributed by atoms with Crippen molar-refractivity contribution in [2.75, 3.05) is 11.9 Å². The Balaban J connectivity index is 1.63. The van der Waals surface area contributed by atoms with Crippen molar-refractivity contribution >= 4 is 15.7 Å². The Labute approximate surface area is 166 Å². The average Bonchev–Trinajstić information content (AvgIpc) is 2.58. The van der Waals surface area contributed by atoms with Crippen molar-refractivity contribution in [1.82, 2.24) is 9.97 Å². The van der Waals surface area contributed by atoms with Gasteiger partial charge in [-0.3, -0.25) is 0 Å². The summed E-state index contributed by atoms with van der Waals surface area (Å²) in [6.07, 6.45) is -8.57. The molecule has 13 heteroatoms. The number of nitrogens with zero attached hydrogens (tertiary/aromatic N) is 2. The number of aromatic nitrogens is 2. The third-order valence-corrected chi connectivity index (χ3v) is 6.79. The molecule has 30 heavy (non-hydrogen) atoms. The van der Waals surface area contributed by atoms with Crippen LogP contribution in [0.25, 0.3) is 0 Å². The van der Waals surface area contributed by atoms with Crippen molar-refractivity contribution in [3.05, 3.63) is 47.7 Å². The van der Waals surface area contributed by atoms with Gasteiger partial charge in [-0.05, 0) is 43.0 Å². The van der Waals surface area contributed by atoms with Gasteiger partial charge in [0.05, 0.1) is 15.7 Å². The zero-order valence-corrected chi connectivity index (χ0v) is 15.7. The maximum atomic E-state index is 13.5. The van der Waals surface area contributed by atoms with Crippen LogP contribution in [0.2, 0.25) is 0 Å². The number of halogens is 7. The van der Waals surface area contributed by atoms with E-state index in [0.717, 1.165) is 6.20 Å². The molecule has 1 aliphatic rings. The fourth-order valence-corrected chi connectivity index (χ4v) is 5.02. The van der Waals surface area contributed by atoms with Crippen LogP contribution in [0.15, 0.2) is 35.4 Å². The molecule has 0 unspecified atom stereocenters. The smallest absolute Gasteiger partial charge is 0.370 e. The summed E-state index contributed by atoms with van der Waals surface area (Å²) in [5, 5.41) is 1.64. The molecule has 0 amide bonds. The predicted octanol–water partition coefficient (Wildman–Crippen LogP) is 4.32. The molecule has 2 aromatic rings. The lowest BCUT2D eigenvalue weighted by Gasteiger charge is -2.35. The number of nitrogens with one attached hydrogen (secondary N) is 1. The van der Waals surface area contributed by atoms with Crippen molar-refractivity contribution in [3.63, 3.8) is 0 Å². The van der Waals surface area contributed by atoms with E-state index < -0.39 is 49.5 Å². The lowest BCUT2D eigenvalue weighted by Crippen LogP contribution is -2.39. The zero-order chi connectivity index (χ0) is 22.3. The second-order valence-corrected chi connectivity index (χ2v) is 9.05. The molecule has 0 atom stereocenters. The highest BCUT2D eigenvalue weighted by atomic mass is 32.2. The van der Waals surface area contributed by atoms with Gasteiger partial charge in [-0.1, -0.05) is 0 Å². The van der Waals surface area contributed by atoms with Crippen molar-refractivity contribution in [1.29, 1.82) is 0 Å². The molecule has 1 aromatic heterocycles. The van der Waals surface area contributed by atoms with E-state index >= 15 is 0 Å². The summed E-state index contributed by atoms with van der Waals surface area (Å²) in [7, 11) is -4.19. The van der Waals surface area contributed by atoms with Gasteiger partial charge in [-0.2, -0.15) is 26.3 Å². The SMILES string of the molecule is O=S(=O)(c1cc(F)cc(C(F)(F)F)c1)[C@H]1C[C@@H](CNc2ccnc(C(F)(F)F)n2)C1. The molecule has 0 spiro atoms. The Morgan fingerprint density at radius 3 is 2.30 bits per heavy atom. The van der Waals surface area contributed by atoms with Gasteiger partial charge < -0.3 is 5.32 Å². The van der Waals surface area contributed by atoms with Gasteiger partial charge in [0.25, 0.3) is 0 Å². The summed E-state index contributed by atoms with van der Waals surface area (Å²) in [5.74, 6) is -2.99. The largest absolute Gasteiger partial charge is 0.451 e. The zero-order valence-electron chi connectivity index (χ0n) is 14.9. The second-order valence-electron chi connectivity index (χ2n) is 6.82. The molecule has 0 aliphatic heterocycles. The van der Waals surface area contributed by atoms with Crippen molar-refractivity contribution in [3.8, 4) is 0 Å². The monoisotopic (exact) mass is 457 g/mol. The van der Waals surface area contributed by atoms with Crippen LogP contribution < -0.4 is 5.32 Å². The molecular formula is C17H14F7N3O2S. The number of hydrogen-bond donors (Lipinski definition) is 1. The summed E-state index contributed by atoms with van der Waals surface area (Å²) in [5.41, 5.74) is -1.40. The second kappa shape index (κ2) is 7.67. The van der Waals surface area contributed by atoms with E-state index in [1.807, 2.05) is 0 Å². The standard InChI is InChI=1S/C17H14F7N3O2S/c18-11-5-10(16(19,20)21)6-13(7-11)30(28,29)12-3-9(4-12)8-26-14-1-2-25-15(27-14)17(22,23)24/h1-2,5-7,9,12H,3-4,8H2,(H,25,26,27)/t9-,12+. The quantitative estimate of drug-likeness (QED) is 0.678. The third kappa shape index (κ3) is 4.82. The van der Waals surface area contributed by atoms with Crippen LogP contribution in [-0.2, 0) is 22.2 Å². The highest BCUT2D eigenvalue weighted by molar-refractivity contribution is 7.92. The number of anilines is 1. The van der Waals surface area contributed by atoms with Crippen molar-refractivity contribution in [2.24, 2.45) is 5.92 Å². The summed E-state index contributed by atoms with van der Waals surface area (Å²) in [6.45, 7) is 0.108. The maximum absolute atomic E-state index is 13.5. The highest BCUT2D eigenvalue weighted by Gasteiger charge is 2.41. The van der Waals surface area contributed by atoms with Crippen LogP contribution in [0.4, 0.5) is 36.6 Å². The van der Waals surface area contributed by atoms with Crippen LogP contribution in [0.1, 0.15) is 24.2 Å². The van der Waals surface area contributed by atoms with Gasteiger partial charge in [0.2, 0.25) is 5.82 Å². The van der Waals surface area contributed by atoms with Crippen LogP contribution in [-0.4, -0.2) is 30.2 Å². The third-order valence-electron chi connectivity index (χ3n) is 4.64. The number of hydrogen-bond acceptors (Lipinski definition) is 5. The molecule has 1 saturated carbocycles. The molecule has 1 fully saturated rings. The van der Waals surface area contributed by atoms with Crippen LogP contribution in [0.5, 0.6) is 0 Å². The minimum atomic E-state index is -4.90. The van der Waals surface area contributed by atoms with Crippen LogP contribution in [0.3, 0.4) is 0 Å². The highest BCUT2D eigenvalue weighted by Crippen LogP contribution is 2.38. The van der Waals surface area contributed by atoms with Crippen molar-refractivity contribution < 1.29 is 39.2 Å². The molecule has 5 nitrogen and oxygen atoms in total. The van der Waals surface area contributed by atoms with Crippen LogP contribution >= 0.6 is 0 Å². The fraction of sp³-hybridized carbons (Fsp3) is 0.412. The molecule has 1 aromatic carbocycles. The molecule has 0 saturated heterocycles. The van der Waals surface area contributed by atoms with Gasteiger partial charge in [-0.15, -0.1) is 0 Å². The minimum absolute atomic E-state index is 0.0599. The van der Waals surface area contributed by atoms with Gasteiger partial charge in [0.1, 0.15) is 11.6 Å². The molecule has 1 N–H and O–H groups in total. The Morgan fingerprint density at radius 1 is 1.03 bits per heavy atom. The molecule has 164 valence electrons. The van der Waals surface area contributed by atoms with Gasteiger partial charge in [0.15, 0.2) is 9.84 Å². The first-order valence-corrected chi connectivity index (χ1v) is 10.1. The lowest BCUT2D eigenvalue weighted by atomic mass is 9.85. The maximum Gasteiger partial charge on any atom is 0.451 e. The number of alkyl halides is 6. The average molecular weight is 457 g/mol. The van der Waals surface area contributed by atoms with E-state index in [1.54, 1.807) is 0 Å². The summed E-state index contributed by atoms with van der Waals surface area (Å²) < 4.78 is 115. The summed E-state index contributed by atoms with van der Waals surface area (Å²) in [4.78, 5) is 5.68. The molecule has 3 rings (SSSR count). The topological polar surface area (TPSA) is 72.0 Å². The summed E-state index contributed by atoms with van der Waals surface area (Å²) in [6, 6.07) is 2.36. The predicted molar refractivity (Wildman–Crippen MR) is 90.6 cm³/mol. The van der Waals surface area contributed by atoms with E-state index in [0.29, 0.717) is 12.1 Å². The Bertz CT molecular complexity index is 1030. The fourth-order valence-electron chi connectivity index (χ4n) is 3.02. The van der Waals surface area contributed by atoms with Gasteiger partial charge >= 0.3 is 12.4 Å². The first-order valence-electron chi connectivity index (χ1n) is 8.52. The Kier molecular flexibility index (Phi) is 5.69. The number of rotatable bonds is 5. The number of benzene rings is 1. The van der Waals surface area contributed by atoms with Gasteiger partial charge in [0, 0.05) is 12.7 Å². The first kappa shape index (κ1) is 22.2.